The van der Waals surface area contributed by atoms with E-state index >= 15 is 0 Å². The summed E-state index contributed by atoms with van der Waals surface area (Å²) in [5, 5.41) is 0. The Hall–Kier alpha value is -1.34. The van der Waals surface area contributed by atoms with E-state index in [0.29, 0.717) is 0 Å². The SMILES string of the molecule is CC=CCCOCc1ccc([C@H]2CC[C@H]([C@H]3CC[C@H](CCC=CC)CC3)CC2)cc1. The second-order valence-corrected chi connectivity index (χ2v) is 9.69. The lowest BCUT2D eigenvalue weighted by atomic mass is 9.68. The maximum absolute atomic E-state index is 5.77. The van der Waals surface area contributed by atoms with E-state index in [1.54, 1.807) is 5.56 Å². The molecule has 1 nitrogen and oxygen atoms in total. The number of benzene rings is 1. The molecule has 2 fully saturated rings. The average Bonchev–Trinajstić information content (AvgIpc) is 2.80. The smallest absolute Gasteiger partial charge is 0.0717 e. The van der Waals surface area contributed by atoms with Gasteiger partial charge in [-0.3, -0.25) is 0 Å². The lowest BCUT2D eigenvalue weighted by Gasteiger charge is -2.38. The first-order valence-electron chi connectivity index (χ1n) is 12.7. The number of ether oxygens (including phenoxy) is 1. The molecule has 166 valence electrons. The second-order valence-electron chi connectivity index (χ2n) is 9.69. The zero-order valence-corrected chi connectivity index (χ0v) is 19.5. The standard InChI is InChI=1S/C29H44O/c1-3-5-7-9-24-10-14-26(15-11-24)28-18-20-29(21-19-28)27-16-12-25(13-17-27)23-30-22-8-6-4-2/h3-6,12-13,16-17,24,26,28-29H,7-11,14-15,18-23H2,1-2H3/t24-,26-,28-,29-. The molecule has 0 radical (unpaired) electrons. The summed E-state index contributed by atoms with van der Waals surface area (Å²) in [7, 11) is 0. The van der Waals surface area contributed by atoms with Gasteiger partial charge in [0.2, 0.25) is 0 Å². The third-order valence-corrected chi connectivity index (χ3v) is 7.69. The van der Waals surface area contributed by atoms with Gasteiger partial charge in [-0.05, 0) is 106 Å². The molecule has 0 aliphatic heterocycles. The fourth-order valence-electron chi connectivity index (χ4n) is 5.76. The minimum Gasteiger partial charge on any atom is -0.376 e. The van der Waals surface area contributed by atoms with Gasteiger partial charge < -0.3 is 4.74 Å². The number of hydrogen-bond acceptors (Lipinski definition) is 1. The highest BCUT2D eigenvalue weighted by atomic mass is 16.5. The molecular weight excluding hydrogens is 364 g/mol. The molecule has 0 aromatic heterocycles. The zero-order valence-electron chi connectivity index (χ0n) is 19.5. The monoisotopic (exact) mass is 408 g/mol. The predicted octanol–water partition coefficient (Wildman–Crippen LogP) is 8.61. The van der Waals surface area contributed by atoms with Crippen LogP contribution >= 0.6 is 0 Å². The van der Waals surface area contributed by atoms with Gasteiger partial charge in [-0.1, -0.05) is 61.4 Å². The Morgan fingerprint density at radius 1 is 0.767 bits per heavy atom. The van der Waals surface area contributed by atoms with Crippen molar-refractivity contribution in [1.82, 2.24) is 0 Å². The summed E-state index contributed by atoms with van der Waals surface area (Å²) in [6.07, 6.45) is 24.2. The highest BCUT2D eigenvalue weighted by molar-refractivity contribution is 5.25. The van der Waals surface area contributed by atoms with Gasteiger partial charge >= 0.3 is 0 Å². The summed E-state index contributed by atoms with van der Waals surface area (Å²) in [4.78, 5) is 0. The zero-order chi connectivity index (χ0) is 21.0. The van der Waals surface area contributed by atoms with Gasteiger partial charge in [-0.15, -0.1) is 0 Å². The third kappa shape index (κ3) is 7.41. The number of allylic oxidation sites excluding steroid dienone is 3. The highest BCUT2D eigenvalue weighted by Crippen LogP contribution is 2.44. The van der Waals surface area contributed by atoms with Crippen LogP contribution in [-0.4, -0.2) is 6.61 Å². The van der Waals surface area contributed by atoms with Crippen molar-refractivity contribution in [3.8, 4) is 0 Å². The topological polar surface area (TPSA) is 9.23 Å². The van der Waals surface area contributed by atoms with Crippen molar-refractivity contribution in [2.75, 3.05) is 6.61 Å². The van der Waals surface area contributed by atoms with Crippen LogP contribution in [0.4, 0.5) is 0 Å². The molecule has 0 heterocycles. The van der Waals surface area contributed by atoms with Crippen LogP contribution in [0.15, 0.2) is 48.6 Å². The van der Waals surface area contributed by atoms with Gasteiger partial charge in [0.1, 0.15) is 0 Å². The van der Waals surface area contributed by atoms with E-state index in [4.69, 9.17) is 4.74 Å². The molecule has 1 aromatic rings. The van der Waals surface area contributed by atoms with E-state index in [0.717, 1.165) is 43.3 Å². The van der Waals surface area contributed by atoms with Crippen molar-refractivity contribution in [3.63, 3.8) is 0 Å². The van der Waals surface area contributed by atoms with Crippen molar-refractivity contribution in [2.24, 2.45) is 17.8 Å². The van der Waals surface area contributed by atoms with Gasteiger partial charge in [0.15, 0.2) is 0 Å². The van der Waals surface area contributed by atoms with Crippen LogP contribution in [0.5, 0.6) is 0 Å². The molecule has 2 saturated carbocycles. The molecule has 0 atom stereocenters. The molecule has 0 amide bonds. The summed E-state index contributed by atoms with van der Waals surface area (Å²) in [5.41, 5.74) is 2.86. The molecular formula is C29H44O. The summed E-state index contributed by atoms with van der Waals surface area (Å²) in [6, 6.07) is 9.30. The van der Waals surface area contributed by atoms with Gasteiger partial charge in [0, 0.05) is 0 Å². The molecule has 2 aliphatic carbocycles. The molecule has 0 N–H and O–H groups in total. The molecule has 1 aromatic carbocycles. The maximum atomic E-state index is 5.77. The van der Waals surface area contributed by atoms with Gasteiger partial charge in [-0.25, -0.2) is 0 Å². The Labute approximate surface area is 186 Å². The molecule has 1 heteroatoms. The van der Waals surface area contributed by atoms with E-state index in [1.807, 2.05) is 0 Å². The van der Waals surface area contributed by atoms with E-state index < -0.39 is 0 Å². The van der Waals surface area contributed by atoms with Crippen LogP contribution in [0, 0.1) is 17.8 Å². The Morgan fingerprint density at radius 3 is 2.00 bits per heavy atom. The molecule has 3 rings (SSSR count). The van der Waals surface area contributed by atoms with Crippen LogP contribution in [-0.2, 0) is 11.3 Å². The average molecular weight is 409 g/mol. The van der Waals surface area contributed by atoms with Crippen LogP contribution in [0.25, 0.3) is 0 Å². The lowest BCUT2D eigenvalue weighted by Crippen LogP contribution is -2.25. The van der Waals surface area contributed by atoms with Crippen LogP contribution in [0.3, 0.4) is 0 Å². The first kappa shape index (κ1) is 23.3. The maximum Gasteiger partial charge on any atom is 0.0717 e. The van der Waals surface area contributed by atoms with Crippen molar-refractivity contribution in [2.45, 2.75) is 97.0 Å². The van der Waals surface area contributed by atoms with Crippen LogP contribution in [0.2, 0.25) is 0 Å². The minimum atomic E-state index is 0.738. The van der Waals surface area contributed by atoms with Crippen molar-refractivity contribution >= 4 is 0 Å². The van der Waals surface area contributed by atoms with E-state index in [-0.39, 0.29) is 0 Å². The van der Waals surface area contributed by atoms with Gasteiger partial charge in [-0.2, -0.15) is 0 Å². The van der Waals surface area contributed by atoms with Crippen molar-refractivity contribution < 1.29 is 4.74 Å². The predicted molar refractivity (Wildman–Crippen MR) is 130 cm³/mol. The molecule has 0 bridgehead atoms. The molecule has 0 spiro atoms. The third-order valence-electron chi connectivity index (χ3n) is 7.69. The summed E-state index contributed by atoms with van der Waals surface area (Å²) in [6.45, 7) is 5.75. The van der Waals surface area contributed by atoms with E-state index in [2.05, 4.69) is 62.4 Å². The molecule has 0 saturated heterocycles. The van der Waals surface area contributed by atoms with Crippen molar-refractivity contribution in [3.05, 3.63) is 59.7 Å². The second kappa shape index (κ2) is 13.2. The molecule has 0 unspecified atom stereocenters. The molecule has 2 aliphatic rings. The van der Waals surface area contributed by atoms with Gasteiger partial charge in [0.25, 0.3) is 0 Å². The number of rotatable bonds is 10. The Bertz CT molecular complexity index is 625. The van der Waals surface area contributed by atoms with Crippen LogP contribution in [0.1, 0.15) is 102 Å². The van der Waals surface area contributed by atoms with Crippen LogP contribution < -0.4 is 0 Å². The number of hydrogen-bond donors (Lipinski definition) is 0. The lowest BCUT2D eigenvalue weighted by molar-refractivity contribution is 0.125. The summed E-state index contributed by atoms with van der Waals surface area (Å²) in [5.74, 6) is 3.80. The Morgan fingerprint density at radius 2 is 1.37 bits per heavy atom. The first-order valence-corrected chi connectivity index (χ1v) is 12.7. The Kier molecular flexibility index (Phi) is 10.2. The normalized spacial score (nSPS) is 27.8. The summed E-state index contributed by atoms with van der Waals surface area (Å²) < 4.78 is 5.77. The van der Waals surface area contributed by atoms with Gasteiger partial charge in [0.05, 0.1) is 13.2 Å². The largest absolute Gasteiger partial charge is 0.376 e. The first-order chi connectivity index (χ1) is 14.8. The van der Waals surface area contributed by atoms with Crippen molar-refractivity contribution in [1.29, 1.82) is 0 Å². The fourth-order valence-corrected chi connectivity index (χ4v) is 5.76. The van der Waals surface area contributed by atoms with E-state index in [1.165, 1.54) is 69.8 Å². The quantitative estimate of drug-likeness (QED) is 0.278. The Balaban J connectivity index is 1.36. The molecule has 30 heavy (non-hydrogen) atoms. The summed E-state index contributed by atoms with van der Waals surface area (Å²) >= 11 is 0. The van der Waals surface area contributed by atoms with E-state index in [9.17, 15) is 0 Å². The highest BCUT2D eigenvalue weighted by Gasteiger charge is 2.31. The minimum absolute atomic E-state index is 0.738. The fraction of sp³-hybridized carbons (Fsp3) is 0.655.